The molecular formula is C21H15N3S. The maximum atomic E-state index is 6.29. The Morgan fingerprint density at radius 3 is 2.56 bits per heavy atom. The predicted molar refractivity (Wildman–Crippen MR) is 107 cm³/mol. The summed E-state index contributed by atoms with van der Waals surface area (Å²) in [6.07, 6.45) is 1.98. The van der Waals surface area contributed by atoms with Crippen molar-refractivity contribution in [1.82, 2.24) is 9.97 Å². The molecule has 0 unspecified atom stereocenters. The summed E-state index contributed by atoms with van der Waals surface area (Å²) >= 11 is 1.67. The Morgan fingerprint density at radius 2 is 1.64 bits per heavy atom. The van der Waals surface area contributed by atoms with E-state index in [-0.39, 0.29) is 0 Å². The lowest BCUT2D eigenvalue weighted by Crippen LogP contribution is -1.88. The second kappa shape index (κ2) is 5.46. The summed E-state index contributed by atoms with van der Waals surface area (Å²) in [5.41, 5.74) is 10.5. The molecule has 0 spiro atoms. The molecule has 0 radical (unpaired) electrons. The Balaban J connectivity index is 1.79. The number of nitrogens with two attached hydrogens (primary N) is 1. The van der Waals surface area contributed by atoms with Gasteiger partial charge in [0.1, 0.15) is 10.8 Å². The number of anilines is 1. The highest BCUT2D eigenvalue weighted by Gasteiger charge is 2.18. The zero-order chi connectivity index (χ0) is 16.8. The van der Waals surface area contributed by atoms with E-state index >= 15 is 0 Å². The van der Waals surface area contributed by atoms with Crippen LogP contribution >= 0.6 is 11.3 Å². The van der Waals surface area contributed by atoms with Gasteiger partial charge in [0, 0.05) is 11.8 Å². The summed E-state index contributed by atoms with van der Waals surface area (Å²) in [4.78, 5) is 7.99. The first-order valence-electron chi connectivity index (χ1n) is 8.12. The third-order valence-electron chi connectivity index (χ3n) is 4.50. The van der Waals surface area contributed by atoms with E-state index in [1.165, 1.54) is 21.0 Å². The number of nitrogens with one attached hydrogen (secondary N) is 1. The van der Waals surface area contributed by atoms with E-state index in [0.717, 1.165) is 21.7 Å². The Kier molecular flexibility index (Phi) is 3.11. The van der Waals surface area contributed by atoms with Gasteiger partial charge >= 0.3 is 0 Å². The number of rotatable bonds is 2. The summed E-state index contributed by atoms with van der Waals surface area (Å²) in [6, 6.07) is 22.9. The minimum Gasteiger partial charge on any atom is -0.385 e. The molecular weight excluding hydrogens is 326 g/mol. The highest BCUT2D eigenvalue weighted by atomic mass is 32.1. The van der Waals surface area contributed by atoms with Gasteiger partial charge in [-0.05, 0) is 28.5 Å². The molecule has 0 aliphatic rings. The van der Waals surface area contributed by atoms with E-state index in [2.05, 4.69) is 53.5 Å². The largest absolute Gasteiger partial charge is 0.385 e. The van der Waals surface area contributed by atoms with Gasteiger partial charge in [-0.15, -0.1) is 11.3 Å². The Bertz CT molecular complexity index is 1180. The van der Waals surface area contributed by atoms with Crippen LogP contribution in [0.4, 0.5) is 5.82 Å². The molecule has 0 saturated carbocycles. The lowest BCUT2D eigenvalue weighted by Gasteiger charge is -2.07. The van der Waals surface area contributed by atoms with E-state index in [9.17, 15) is 0 Å². The van der Waals surface area contributed by atoms with Gasteiger partial charge in [0.2, 0.25) is 0 Å². The van der Waals surface area contributed by atoms with Crippen LogP contribution in [0.15, 0.2) is 72.9 Å². The van der Waals surface area contributed by atoms with Crippen molar-refractivity contribution in [2.75, 3.05) is 5.73 Å². The number of nitrogens with zero attached hydrogens (tertiary/aromatic N) is 1. The highest BCUT2D eigenvalue weighted by Crippen LogP contribution is 2.42. The second-order valence-electron chi connectivity index (χ2n) is 6.00. The van der Waals surface area contributed by atoms with Crippen LogP contribution in [0, 0.1) is 0 Å². The van der Waals surface area contributed by atoms with Gasteiger partial charge in [0.05, 0.1) is 15.8 Å². The van der Waals surface area contributed by atoms with Crippen LogP contribution in [0.1, 0.15) is 0 Å². The fraction of sp³-hybridized carbons (Fsp3) is 0. The maximum Gasteiger partial charge on any atom is 0.128 e. The standard InChI is InChI=1S/C21H15N3S/c22-20-19(21-24-17-10-3-4-11-18(17)25-21)16(12-23-20)15-9-5-7-13-6-1-2-8-14(13)15/h1-12,23H,22H2. The maximum absolute atomic E-state index is 6.29. The molecule has 3 aromatic carbocycles. The molecule has 3 N–H and O–H groups in total. The van der Waals surface area contributed by atoms with Crippen molar-refractivity contribution in [3.05, 3.63) is 72.9 Å². The molecule has 25 heavy (non-hydrogen) atoms. The number of fused-ring (bicyclic) bond motifs is 2. The van der Waals surface area contributed by atoms with Crippen LogP contribution in [0.25, 0.3) is 42.7 Å². The van der Waals surface area contributed by atoms with Crippen molar-refractivity contribution in [2.45, 2.75) is 0 Å². The van der Waals surface area contributed by atoms with Gasteiger partial charge in [0.15, 0.2) is 0 Å². The molecule has 0 atom stereocenters. The van der Waals surface area contributed by atoms with Crippen LogP contribution in [0.5, 0.6) is 0 Å². The van der Waals surface area contributed by atoms with E-state index in [1.54, 1.807) is 11.3 Å². The van der Waals surface area contributed by atoms with Crippen molar-refractivity contribution < 1.29 is 0 Å². The smallest absolute Gasteiger partial charge is 0.128 e. The van der Waals surface area contributed by atoms with Gasteiger partial charge in [0.25, 0.3) is 0 Å². The quantitative estimate of drug-likeness (QED) is 0.433. The van der Waals surface area contributed by atoms with Gasteiger partial charge in [-0.2, -0.15) is 0 Å². The first-order chi connectivity index (χ1) is 12.3. The Morgan fingerprint density at radius 1 is 0.840 bits per heavy atom. The first kappa shape index (κ1) is 14.3. The molecule has 3 nitrogen and oxygen atoms in total. The third-order valence-corrected chi connectivity index (χ3v) is 5.55. The van der Waals surface area contributed by atoms with Crippen molar-refractivity contribution in [1.29, 1.82) is 0 Å². The zero-order valence-corrected chi connectivity index (χ0v) is 14.2. The van der Waals surface area contributed by atoms with Gasteiger partial charge in [-0.1, -0.05) is 54.6 Å². The minimum atomic E-state index is 0.655. The van der Waals surface area contributed by atoms with Crippen molar-refractivity contribution >= 4 is 38.1 Å². The Labute approximate surface area is 148 Å². The van der Waals surface area contributed by atoms with E-state index in [0.29, 0.717) is 5.82 Å². The topological polar surface area (TPSA) is 54.7 Å². The molecule has 0 fully saturated rings. The number of thiazole rings is 1. The number of nitrogen functional groups attached to an aromatic ring is 1. The molecule has 2 heterocycles. The van der Waals surface area contributed by atoms with Crippen molar-refractivity contribution in [3.8, 4) is 21.7 Å². The number of aromatic nitrogens is 2. The molecule has 4 heteroatoms. The van der Waals surface area contributed by atoms with Crippen LogP contribution in [-0.4, -0.2) is 9.97 Å². The first-order valence-corrected chi connectivity index (χ1v) is 8.94. The molecule has 0 aliphatic carbocycles. The lowest BCUT2D eigenvalue weighted by molar-refractivity contribution is 1.41. The number of para-hydroxylation sites is 1. The fourth-order valence-corrected chi connectivity index (χ4v) is 4.36. The third kappa shape index (κ3) is 2.22. The van der Waals surface area contributed by atoms with Crippen LogP contribution in [0.3, 0.4) is 0 Å². The predicted octanol–water partition coefficient (Wildman–Crippen LogP) is 5.69. The average molecular weight is 341 g/mol. The molecule has 5 rings (SSSR count). The molecule has 0 amide bonds. The average Bonchev–Trinajstić information content (AvgIpc) is 3.24. The number of benzene rings is 3. The molecule has 0 aliphatic heterocycles. The molecule has 0 saturated heterocycles. The highest BCUT2D eigenvalue weighted by molar-refractivity contribution is 7.21. The second-order valence-corrected chi connectivity index (χ2v) is 7.04. The van der Waals surface area contributed by atoms with Crippen LogP contribution < -0.4 is 5.73 Å². The number of aromatic amines is 1. The van der Waals surface area contributed by atoms with Crippen molar-refractivity contribution in [2.24, 2.45) is 0 Å². The summed E-state index contributed by atoms with van der Waals surface area (Å²) in [6.45, 7) is 0. The SMILES string of the molecule is Nc1[nH]cc(-c2cccc3ccccc23)c1-c1nc2ccccc2s1. The van der Waals surface area contributed by atoms with Gasteiger partial charge in [-0.25, -0.2) is 4.98 Å². The molecule has 2 aromatic heterocycles. The number of hydrogen-bond acceptors (Lipinski definition) is 3. The van der Waals surface area contributed by atoms with E-state index in [4.69, 9.17) is 10.7 Å². The lowest BCUT2D eigenvalue weighted by atomic mass is 9.97. The minimum absolute atomic E-state index is 0.655. The normalized spacial score (nSPS) is 11.4. The van der Waals surface area contributed by atoms with Gasteiger partial charge < -0.3 is 10.7 Å². The zero-order valence-electron chi connectivity index (χ0n) is 13.4. The van der Waals surface area contributed by atoms with Crippen molar-refractivity contribution in [3.63, 3.8) is 0 Å². The molecule has 5 aromatic rings. The summed E-state index contributed by atoms with van der Waals surface area (Å²) in [5, 5.41) is 3.38. The summed E-state index contributed by atoms with van der Waals surface area (Å²) in [5.74, 6) is 0.655. The monoisotopic (exact) mass is 341 g/mol. The van der Waals surface area contributed by atoms with E-state index < -0.39 is 0 Å². The number of hydrogen-bond donors (Lipinski definition) is 2. The summed E-state index contributed by atoms with van der Waals surface area (Å²) in [7, 11) is 0. The molecule has 0 bridgehead atoms. The number of H-pyrrole nitrogens is 1. The fourth-order valence-electron chi connectivity index (χ4n) is 3.32. The van der Waals surface area contributed by atoms with Gasteiger partial charge in [-0.3, -0.25) is 0 Å². The Hall–Kier alpha value is -3.11. The van der Waals surface area contributed by atoms with Crippen LogP contribution in [0.2, 0.25) is 0 Å². The van der Waals surface area contributed by atoms with Crippen LogP contribution in [-0.2, 0) is 0 Å². The van der Waals surface area contributed by atoms with E-state index in [1.807, 2.05) is 24.4 Å². The summed E-state index contributed by atoms with van der Waals surface area (Å²) < 4.78 is 1.17. The molecule has 120 valence electrons.